The molecule has 2 aromatic carbocycles. The number of benzene rings is 2. The van der Waals surface area contributed by atoms with Crippen molar-refractivity contribution in [2.24, 2.45) is 5.92 Å². The number of fused-ring (bicyclic) bond motifs is 2. The fraction of sp³-hybridized carbons (Fsp3) is 0.462. The Labute approximate surface area is 287 Å². The van der Waals surface area contributed by atoms with E-state index in [1.165, 1.54) is 0 Å². The third-order valence-corrected chi connectivity index (χ3v) is 10.6. The number of nitrogens with one attached hydrogen (secondary N) is 2. The van der Waals surface area contributed by atoms with Crippen molar-refractivity contribution in [3.8, 4) is 0 Å². The minimum absolute atomic E-state index is 0.0310. The van der Waals surface area contributed by atoms with Crippen LogP contribution in [0.5, 0.6) is 0 Å². The molecule has 1 saturated heterocycles. The first kappa shape index (κ1) is 33.4. The van der Waals surface area contributed by atoms with Crippen molar-refractivity contribution >= 4 is 22.8 Å². The lowest BCUT2D eigenvalue weighted by Gasteiger charge is -2.47. The van der Waals surface area contributed by atoms with Crippen molar-refractivity contribution in [2.45, 2.75) is 81.8 Å². The maximum absolute atomic E-state index is 13.9. The number of amides is 2. The summed E-state index contributed by atoms with van der Waals surface area (Å²) in [5.74, 6) is 0.0600. The van der Waals surface area contributed by atoms with Gasteiger partial charge in [-0.2, -0.15) is 0 Å². The first-order valence-corrected chi connectivity index (χ1v) is 17.6. The third kappa shape index (κ3) is 7.43. The molecule has 4 N–H and O–H groups in total. The third-order valence-electron chi connectivity index (χ3n) is 10.6. The van der Waals surface area contributed by atoms with Crippen molar-refractivity contribution in [3.63, 3.8) is 0 Å². The van der Waals surface area contributed by atoms with Gasteiger partial charge in [0.1, 0.15) is 17.4 Å². The van der Waals surface area contributed by atoms with Gasteiger partial charge in [0.05, 0.1) is 23.8 Å². The predicted molar refractivity (Wildman–Crippen MR) is 186 cm³/mol. The zero-order chi connectivity index (χ0) is 34.1. The highest BCUT2D eigenvalue weighted by atomic mass is 16.3. The number of hydrogen-bond acceptors (Lipinski definition) is 8. The second-order valence-corrected chi connectivity index (χ2v) is 14.6. The maximum atomic E-state index is 13.9. The molecule has 49 heavy (non-hydrogen) atoms. The molecular weight excluding hydrogens is 618 g/mol. The lowest BCUT2D eigenvalue weighted by molar-refractivity contribution is -0.132. The number of β-amino-alcohol motifs (C(OH)–C–C–N with tert-alkyl or cyclic N) is 1. The first-order valence-electron chi connectivity index (χ1n) is 17.6. The number of aliphatic hydroxyl groups excluding tert-OH is 2. The van der Waals surface area contributed by atoms with Gasteiger partial charge in [0.25, 0.3) is 0 Å². The SMILES string of the molecule is CC(C)(c1cc2cnccc2o1)N1CCN(C[C@@H](O)C[C@@H](Cc2ccccc2)C(=O)N[C@H]2c3ccccc3C[C@H]2O)[C@H](C(=O)NC2CC2)C1. The molecule has 10 nitrogen and oxygen atoms in total. The van der Waals surface area contributed by atoms with Gasteiger partial charge in [-0.15, -0.1) is 0 Å². The zero-order valence-electron chi connectivity index (χ0n) is 28.3. The van der Waals surface area contributed by atoms with Gasteiger partial charge in [0, 0.05) is 62.3 Å². The van der Waals surface area contributed by atoms with E-state index in [9.17, 15) is 19.8 Å². The molecule has 2 aromatic heterocycles. The Morgan fingerprint density at radius 3 is 2.59 bits per heavy atom. The Kier molecular flexibility index (Phi) is 9.57. The summed E-state index contributed by atoms with van der Waals surface area (Å²) in [5, 5.41) is 29.7. The van der Waals surface area contributed by atoms with Crippen molar-refractivity contribution < 1.29 is 24.2 Å². The number of aliphatic hydroxyl groups is 2. The number of hydrogen-bond donors (Lipinski definition) is 4. The minimum Gasteiger partial charge on any atom is -0.459 e. The molecule has 3 heterocycles. The van der Waals surface area contributed by atoms with Crippen LogP contribution in [-0.2, 0) is 28.0 Å². The topological polar surface area (TPSA) is 131 Å². The molecule has 258 valence electrons. The fourth-order valence-electron chi connectivity index (χ4n) is 7.54. The van der Waals surface area contributed by atoms with Gasteiger partial charge < -0.3 is 25.3 Å². The number of carbonyl (C=O) groups is 2. The summed E-state index contributed by atoms with van der Waals surface area (Å²) in [6.45, 7) is 6.22. The van der Waals surface area contributed by atoms with Gasteiger partial charge in [0.15, 0.2) is 0 Å². The number of piperazine rings is 1. The smallest absolute Gasteiger partial charge is 0.238 e. The Morgan fingerprint density at radius 2 is 1.82 bits per heavy atom. The fourth-order valence-corrected chi connectivity index (χ4v) is 7.54. The molecule has 2 amide bonds. The van der Waals surface area contributed by atoms with Gasteiger partial charge in [-0.05, 0) is 68.4 Å². The molecule has 1 saturated carbocycles. The lowest BCUT2D eigenvalue weighted by Crippen LogP contribution is -2.63. The van der Waals surface area contributed by atoms with E-state index in [4.69, 9.17) is 4.42 Å². The molecule has 2 fully saturated rings. The van der Waals surface area contributed by atoms with E-state index in [0.717, 1.165) is 46.3 Å². The van der Waals surface area contributed by atoms with Crippen LogP contribution in [0.4, 0.5) is 0 Å². The predicted octanol–water partition coefficient (Wildman–Crippen LogP) is 3.71. The molecular formula is C39H47N5O5. The minimum atomic E-state index is -0.848. The highest BCUT2D eigenvalue weighted by molar-refractivity contribution is 5.83. The summed E-state index contributed by atoms with van der Waals surface area (Å²) in [7, 11) is 0. The van der Waals surface area contributed by atoms with Crippen LogP contribution in [0.15, 0.2) is 83.5 Å². The highest BCUT2D eigenvalue weighted by Crippen LogP contribution is 2.35. The monoisotopic (exact) mass is 665 g/mol. The van der Waals surface area contributed by atoms with Crippen molar-refractivity contribution in [1.29, 1.82) is 0 Å². The summed E-state index contributed by atoms with van der Waals surface area (Å²) >= 11 is 0. The van der Waals surface area contributed by atoms with Crippen LogP contribution in [0.25, 0.3) is 11.0 Å². The summed E-state index contributed by atoms with van der Waals surface area (Å²) < 4.78 is 6.25. The van der Waals surface area contributed by atoms with Crippen molar-refractivity contribution in [1.82, 2.24) is 25.4 Å². The van der Waals surface area contributed by atoms with E-state index in [0.29, 0.717) is 32.5 Å². The van der Waals surface area contributed by atoms with Crippen LogP contribution < -0.4 is 10.6 Å². The molecule has 7 rings (SSSR count). The van der Waals surface area contributed by atoms with E-state index < -0.39 is 35.7 Å². The number of nitrogens with zero attached hydrogens (tertiary/aromatic N) is 3. The number of carbonyl (C=O) groups excluding carboxylic acids is 2. The number of rotatable bonds is 12. The first-order chi connectivity index (χ1) is 23.7. The average molecular weight is 666 g/mol. The Hall–Kier alpha value is -4.09. The average Bonchev–Trinajstić information content (AvgIpc) is 3.70. The summed E-state index contributed by atoms with van der Waals surface area (Å²) in [4.78, 5) is 36.2. The van der Waals surface area contributed by atoms with Crippen LogP contribution >= 0.6 is 0 Å². The van der Waals surface area contributed by atoms with Gasteiger partial charge in [-0.25, -0.2) is 0 Å². The van der Waals surface area contributed by atoms with Gasteiger partial charge in [0.2, 0.25) is 11.8 Å². The van der Waals surface area contributed by atoms with Crippen LogP contribution in [0.2, 0.25) is 0 Å². The molecule has 0 bridgehead atoms. The van der Waals surface area contributed by atoms with Gasteiger partial charge >= 0.3 is 0 Å². The van der Waals surface area contributed by atoms with Crippen LogP contribution in [0, 0.1) is 5.92 Å². The Balaban J connectivity index is 1.06. The van der Waals surface area contributed by atoms with Crippen LogP contribution in [0.1, 0.15) is 61.6 Å². The molecule has 4 aromatic rings. The molecule has 1 aliphatic heterocycles. The van der Waals surface area contributed by atoms with E-state index >= 15 is 0 Å². The Morgan fingerprint density at radius 1 is 1.04 bits per heavy atom. The number of furan rings is 1. The van der Waals surface area contributed by atoms with Crippen LogP contribution in [-0.4, -0.2) is 87.3 Å². The molecule has 10 heteroatoms. The van der Waals surface area contributed by atoms with E-state index in [2.05, 4.69) is 39.3 Å². The lowest BCUT2D eigenvalue weighted by atomic mass is 9.91. The Bertz CT molecular complexity index is 1740. The number of pyridine rings is 1. The van der Waals surface area contributed by atoms with E-state index in [-0.39, 0.29) is 30.8 Å². The standard InChI is InChI=1S/C39H47N5O5/c1-39(2,35-21-28-22-40-15-14-34(28)49-35)44-17-16-43(32(24-44)38(48)41-29-12-13-29)23-30(45)19-27(18-25-8-4-3-5-9-25)37(47)42-36-31-11-7-6-10-26(31)20-33(36)46/h3-11,14-15,21-22,27,29-30,32-33,36,45-46H,12-13,16-20,23-24H2,1-2H3,(H,41,48)(H,42,47)/t27-,30+,32+,33-,36+/m1/s1. The van der Waals surface area contributed by atoms with E-state index in [1.54, 1.807) is 12.4 Å². The largest absolute Gasteiger partial charge is 0.459 e. The number of aromatic nitrogens is 1. The summed E-state index contributed by atoms with van der Waals surface area (Å²) in [5.41, 5.74) is 3.27. The quantitative estimate of drug-likeness (QED) is 0.180. The van der Waals surface area contributed by atoms with Gasteiger partial charge in [-0.1, -0.05) is 54.6 Å². The second-order valence-electron chi connectivity index (χ2n) is 14.6. The van der Waals surface area contributed by atoms with Gasteiger partial charge in [-0.3, -0.25) is 24.4 Å². The second kappa shape index (κ2) is 14.0. The molecule has 5 atom stereocenters. The summed E-state index contributed by atoms with van der Waals surface area (Å²) in [6.07, 6.45) is 5.10. The highest BCUT2D eigenvalue weighted by Gasteiger charge is 2.42. The van der Waals surface area contributed by atoms with Crippen molar-refractivity contribution in [3.05, 3.63) is 102 Å². The molecule has 3 aliphatic rings. The molecule has 0 radical (unpaired) electrons. The zero-order valence-corrected chi connectivity index (χ0v) is 28.3. The molecule has 2 aliphatic carbocycles. The van der Waals surface area contributed by atoms with Crippen LogP contribution in [0.3, 0.4) is 0 Å². The van der Waals surface area contributed by atoms with E-state index in [1.807, 2.05) is 66.7 Å². The molecule has 0 unspecified atom stereocenters. The normalized spacial score (nSPS) is 22.8. The van der Waals surface area contributed by atoms with Crippen molar-refractivity contribution in [2.75, 3.05) is 26.2 Å². The summed E-state index contributed by atoms with van der Waals surface area (Å²) in [6, 6.07) is 20.8. The maximum Gasteiger partial charge on any atom is 0.238 e. The molecule has 0 spiro atoms.